The van der Waals surface area contributed by atoms with Gasteiger partial charge in [-0.05, 0) is 47.6 Å². The highest BCUT2D eigenvalue weighted by Crippen LogP contribution is 2.38. The van der Waals surface area contributed by atoms with Gasteiger partial charge in [-0.25, -0.2) is 18.2 Å². The summed E-state index contributed by atoms with van der Waals surface area (Å²) in [7, 11) is 2.09. The van der Waals surface area contributed by atoms with E-state index >= 15 is 0 Å². The van der Waals surface area contributed by atoms with Crippen LogP contribution in [0, 0.1) is 17.5 Å². The maximum absolute atomic E-state index is 14.8. The number of carbonyl (C=O) groups excluding carboxylic acids is 1. The SMILES string of the molecule is CC(=O)N1CCC(Oc2c(F)cc(Nc3ncc(F)c(NC4CC(C)(C)N(C)C(C)(C)C4)n3)cc2F)CC1. The van der Waals surface area contributed by atoms with Gasteiger partial charge < -0.3 is 20.3 Å². The third-order valence-electron chi connectivity index (χ3n) is 7.82. The second-order valence-corrected chi connectivity index (χ2v) is 11.5. The molecule has 3 heterocycles. The number of nitrogens with one attached hydrogen (secondary N) is 2. The molecular weight excluding hydrogens is 497 g/mol. The molecule has 4 rings (SSSR count). The number of hydrogen-bond acceptors (Lipinski definition) is 7. The van der Waals surface area contributed by atoms with Crippen LogP contribution in [-0.2, 0) is 4.79 Å². The molecule has 8 nitrogen and oxygen atoms in total. The average molecular weight is 535 g/mol. The first-order valence-corrected chi connectivity index (χ1v) is 13.0. The monoisotopic (exact) mass is 534 g/mol. The number of carbonyl (C=O) groups is 1. The van der Waals surface area contributed by atoms with E-state index in [4.69, 9.17) is 4.74 Å². The van der Waals surface area contributed by atoms with Crippen molar-refractivity contribution in [3.63, 3.8) is 0 Å². The minimum absolute atomic E-state index is 0.00409. The molecule has 208 valence electrons. The summed E-state index contributed by atoms with van der Waals surface area (Å²) >= 11 is 0. The zero-order valence-electron chi connectivity index (χ0n) is 22.9. The average Bonchev–Trinajstić information content (AvgIpc) is 2.82. The molecule has 11 heteroatoms. The van der Waals surface area contributed by atoms with Crippen molar-refractivity contribution in [2.75, 3.05) is 30.8 Å². The largest absolute Gasteiger partial charge is 0.484 e. The third-order valence-corrected chi connectivity index (χ3v) is 7.82. The molecule has 0 spiro atoms. The van der Waals surface area contributed by atoms with Gasteiger partial charge in [0.15, 0.2) is 29.0 Å². The van der Waals surface area contributed by atoms with Crippen LogP contribution in [0.5, 0.6) is 5.75 Å². The van der Waals surface area contributed by atoms with E-state index in [1.54, 1.807) is 4.90 Å². The fourth-order valence-corrected chi connectivity index (χ4v) is 5.52. The first kappa shape index (κ1) is 27.9. The molecule has 0 saturated carbocycles. The van der Waals surface area contributed by atoms with Crippen LogP contribution >= 0.6 is 0 Å². The number of hydrogen-bond donors (Lipinski definition) is 2. The molecule has 2 fully saturated rings. The van der Waals surface area contributed by atoms with Crippen LogP contribution in [0.25, 0.3) is 0 Å². The standard InChI is InChI=1S/C27H37F3N6O2/c1-16(37)36-9-7-19(8-10-36)38-23-20(28)11-17(12-21(23)29)33-25-31-15-22(30)24(34-25)32-18-13-26(2,3)35(6)27(4,5)14-18/h11-12,15,18-19H,7-10,13-14H2,1-6H3,(H2,31,32,33,34). The molecule has 0 unspecified atom stereocenters. The maximum atomic E-state index is 14.8. The van der Waals surface area contributed by atoms with Gasteiger partial charge in [-0.1, -0.05) is 0 Å². The molecule has 0 atom stereocenters. The Morgan fingerprint density at radius 1 is 1.03 bits per heavy atom. The summed E-state index contributed by atoms with van der Waals surface area (Å²) in [6, 6.07) is 2.15. The zero-order valence-corrected chi connectivity index (χ0v) is 22.9. The van der Waals surface area contributed by atoms with Crippen molar-refractivity contribution >= 4 is 23.4 Å². The second kappa shape index (κ2) is 10.6. The Morgan fingerprint density at radius 2 is 1.61 bits per heavy atom. The number of ether oxygens (including phenoxy) is 1. The van der Waals surface area contributed by atoms with Crippen LogP contribution < -0.4 is 15.4 Å². The summed E-state index contributed by atoms with van der Waals surface area (Å²) in [6.07, 6.45) is 3.18. The number of benzene rings is 1. The first-order valence-electron chi connectivity index (χ1n) is 13.0. The summed E-state index contributed by atoms with van der Waals surface area (Å²) in [5.41, 5.74) is -0.140. The Labute approximate surface area is 222 Å². The molecule has 1 amide bonds. The maximum Gasteiger partial charge on any atom is 0.229 e. The molecule has 2 aliphatic rings. The van der Waals surface area contributed by atoms with Crippen LogP contribution in [0.1, 0.15) is 60.3 Å². The van der Waals surface area contributed by atoms with Crippen molar-refractivity contribution in [1.29, 1.82) is 0 Å². The lowest BCUT2D eigenvalue weighted by atomic mass is 9.77. The number of nitrogens with zero attached hydrogens (tertiary/aromatic N) is 4. The summed E-state index contributed by atoms with van der Waals surface area (Å²) < 4.78 is 49.8. The van der Waals surface area contributed by atoms with Gasteiger partial charge in [-0.15, -0.1) is 0 Å². The topological polar surface area (TPSA) is 82.6 Å². The predicted octanol–water partition coefficient (Wildman–Crippen LogP) is 5.09. The highest BCUT2D eigenvalue weighted by molar-refractivity contribution is 5.73. The number of halogens is 3. The molecular formula is C27H37F3N6O2. The highest BCUT2D eigenvalue weighted by Gasteiger charge is 2.43. The molecule has 38 heavy (non-hydrogen) atoms. The Morgan fingerprint density at radius 3 is 2.16 bits per heavy atom. The molecule has 1 aromatic carbocycles. The van der Waals surface area contributed by atoms with Crippen molar-refractivity contribution < 1.29 is 22.7 Å². The van der Waals surface area contributed by atoms with E-state index in [0.29, 0.717) is 25.9 Å². The van der Waals surface area contributed by atoms with Crippen LogP contribution in [0.2, 0.25) is 0 Å². The van der Waals surface area contributed by atoms with E-state index in [0.717, 1.165) is 31.2 Å². The van der Waals surface area contributed by atoms with E-state index in [1.807, 2.05) is 0 Å². The predicted molar refractivity (Wildman–Crippen MR) is 140 cm³/mol. The minimum Gasteiger partial charge on any atom is -0.484 e. The Hall–Kier alpha value is -3.08. The third kappa shape index (κ3) is 6.14. The number of anilines is 3. The smallest absolute Gasteiger partial charge is 0.229 e. The Bertz CT molecular complexity index is 1140. The quantitative estimate of drug-likeness (QED) is 0.534. The fraction of sp³-hybridized carbons (Fsp3) is 0.593. The van der Waals surface area contributed by atoms with Crippen LogP contribution in [0.3, 0.4) is 0 Å². The Balaban J connectivity index is 1.44. The van der Waals surface area contributed by atoms with E-state index in [1.165, 1.54) is 6.92 Å². The van der Waals surface area contributed by atoms with Gasteiger partial charge in [0.25, 0.3) is 0 Å². The van der Waals surface area contributed by atoms with E-state index < -0.39 is 29.3 Å². The van der Waals surface area contributed by atoms with E-state index in [-0.39, 0.29) is 40.5 Å². The molecule has 2 N–H and O–H groups in total. The molecule has 0 aliphatic carbocycles. The molecule has 2 aromatic rings. The van der Waals surface area contributed by atoms with Crippen molar-refractivity contribution in [3.05, 3.63) is 35.8 Å². The fourth-order valence-electron chi connectivity index (χ4n) is 5.52. The lowest BCUT2D eigenvalue weighted by molar-refractivity contribution is -0.130. The highest BCUT2D eigenvalue weighted by atomic mass is 19.1. The number of aromatic nitrogens is 2. The van der Waals surface area contributed by atoms with Crippen LogP contribution in [0.15, 0.2) is 18.3 Å². The number of amides is 1. The second-order valence-electron chi connectivity index (χ2n) is 11.5. The van der Waals surface area contributed by atoms with Gasteiger partial charge in [0.1, 0.15) is 6.10 Å². The normalized spacial score (nSPS) is 20.3. The molecule has 2 saturated heterocycles. The molecule has 0 bridgehead atoms. The van der Waals surface area contributed by atoms with E-state index in [2.05, 4.69) is 60.2 Å². The lowest BCUT2D eigenvalue weighted by Gasteiger charge is -2.53. The van der Waals surface area contributed by atoms with Gasteiger partial charge in [0.05, 0.1) is 6.20 Å². The van der Waals surface area contributed by atoms with Gasteiger partial charge in [0, 0.05) is 67.8 Å². The van der Waals surface area contributed by atoms with Crippen LogP contribution in [0.4, 0.5) is 30.6 Å². The molecule has 0 radical (unpaired) electrons. The van der Waals surface area contributed by atoms with E-state index in [9.17, 15) is 18.0 Å². The number of rotatable bonds is 6. The van der Waals surface area contributed by atoms with Crippen molar-refractivity contribution in [1.82, 2.24) is 19.8 Å². The molecule has 1 aromatic heterocycles. The van der Waals surface area contributed by atoms with Crippen molar-refractivity contribution in [2.45, 2.75) is 83.5 Å². The molecule has 2 aliphatic heterocycles. The summed E-state index contributed by atoms with van der Waals surface area (Å²) in [4.78, 5) is 23.7. The van der Waals surface area contributed by atoms with Crippen molar-refractivity contribution in [3.8, 4) is 5.75 Å². The Kier molecular flexibility index (Phi) is 7.79. The number of piperidine rings is 2. The zero-order chi connectivity index (χ0) is 27.8. The van der Waals surface area contributed by atoms with Crippen LogP contribution in [-0.4, -0.2) is 69.0 Å². The summed E-state index contributed by atoms with van der Waals surface area (Å²) in [6.45, 7) is 11.1. The van der Waals surface area contributed by atoms with Crippen molar-refractivity contribution in [2.24, 2.45) is 0 Å². The summed E-state index contributed by atoms with van der Waals surface area (Å²) in [5, 5.41) is 5.97. The minimum atomic E-state index is -0.877. The number of likely N-dealkylation sites (tertiary alicyclic amines) is 2. The first-order chi connectivity index (χ1) is 17.7. The lowest BCUT2D eigenvalue weighted by Crippen LogP contribution is -2.61. The van der Waals surface area contributed by atoms with Gasteiger partial charge in [0.2, 0.25) is 11.9 Å². The summed E-state index contributed by atoms with van der Waals surface area (Å²) in [5.74, 6) is -2.83. The van der Waals surface area contributed by atoms with Gasteiger partial charge in [-0.2, -0.15) is 4.98 Å². The van der Waals surface area contributed by atoms with Gasteiger partial charge >= 0.3 is 0 Å². The van der Waals surface area contributed by atoms with Gasteiger partial charge in [-0.3, -0.25) is 9.69 Å².